The van der Waals surface area contributed by atoms with Gasteiger partial charge in [-0.2, -0.15) is 0 Å². The second kappa shape index (κ2) is 7.40. The summed E-state index contributed by atoms with van der Waals surface area (Å²) in [4.78, 5) is 0.179. The minimum Gasteiger partial charge on any atom is -0.416 e. The smallest absolute Gasteiger partial charge is 0.249 e. The van der Waals surface area contributed by atoms with Crippen LogP contribution in [0.2, 0.25) is 0 Å². The summed E-state index contributed by atoms with van der Waals surface area (Å²) in [6, 6.07) is 23.5. The molecule has 0 unspecified atom stereocenters. The summed E-state index contributed by atoms with van der Waals surface area (Å²) in [7, 11) is -3.59. The van der Waals surface area contributed by atoms with Crippen LogP contribution < -0.4 is 0 Å². The van der Waals surface area contributed by atoms with Crippen LogP contribution >= 0.6 is 0 Å². The van der Waals surface area contributed by atoms with Crippen molar-refractivity contribution in [3.8, 4) is 22.9 Å². The van der Waals surface area contributed by atoms with Crippen molar-refractivity contribution in [1.29, 1.82) is 0 Å². The summed E-state index contributed by atoms with van der Waals surface area (Å²) in [6.45, 7) is 1.97. The van der Waals surface area contributed by atoms with Gasteiger partial charge in [-0.25, -0.2) is 8.42 Å². The van der Waals surface area contributed by atoms with Crippen LogP contribution in [-0.4, -0.2) is 18.6 Å². The minimum absolute atomic E-state index is 0.0933. The van der Waals surface area contributed by atoms with Gasteiger partial charge in [-0.15, -0.1) is 10.2 Å². The first-order valence-corrected chi connectivity index (χ1v) is 10.4. The number of nitrogens with zero attached hydrogens (tertiary/aromatic N) is 2. The standard InChI is InChI=1S/C22H18N2O3S/c1-16-11-13-17(14-12-16)15-28(25,26)20-10-6-5-9-19(20)22-24-23-21(27-22)18-7-3-2-4-8-18/h2-14H,15H2,1H3. The molecule has 0 amide bonds. The Morgan fingerprint density at radius 1 is 0.786 bits per heavy atom. The number of sulfone groups is 1. The van der Waals surface area contributed by atoms with Gasteiger partial charge in [0.1, 0.15) is 0 Å². The Kier molecular flexibility index (Phi) is 4.79. The summed E-state index contributed by atoms with van der Waals surface area (Å²) in [6.07, 6.45) is 0. The molecule has 0 bridgehead atoms. The molecule has 28 heavy (non-hydrogen) atoms. The summed E-state index contributed by atoms with van der Waals surface area (Å²) in [5.74, 6) is 0.438. The van der Waals surface area contributed by atoms with Gasteiger partial charge in [-0.1, -0.05) is 60.2 Å². The highest BCUT2D eigenvalue weighted by Gasteiger charge is 2.23. The van der Waals surface area contributed by atoms with Crippen molar-refractivity contribution in [2.75, 3.05) is 0 Å². The van der Waals surface area contributed by atoms with Crippen LogP contribution in [-0.2, 0) is 15.6 Å². The molecule has 0 N–H and O–H groups in total. The molecule has 0 radical (unpaired) electrons. The van der Waals surface area contributed by atoms with Gasteiger partial charge in [-0.3, -0.25) is 0 Å². The molecule has 0 atom stereocenters. The number of hydrogen-bond acceptors (Lipinski definition) is 5. The third kappa shape index (κ3) is 3.73. The Bertz CT molecular complexity index is 1200. The lowest BCUT2D eigenvalue weighted by Crippen LogP contribution is -2.06. The molecule has 0 aliphatic heterocycles. The summed E-state index contributed by atoms with van der Waals surface area (Å²) < 4.78 is 31.9. The first-order valence-electron chi connectivity index (χ1n) is 8.79. The van der Waals surface area contributed by atoms with E-state index in [4.69, 9.17) is 4.42 Å². The molecule has 1 aromatic heterocycles. The molecule has 0 aliphatic rings. The zero-order valence-corrected chi connectivity index (χ0v) is 16.1. The number of benzene rings is 3. The Hall–Kier alpha value is -3.25. The first-order chi connectivity index (χ1) is 13.5. The van der Waals surface area contributed by atoms with E-state index in [9.17, 15) is 8.42 Å². The van der Waals surface area contributed by atoms with Crippen molar-refractivity contribution in [2.45, 2.75) is 17.6 Å². The van der Waals surface area contributed by atoms with E-state index in [1.54, 1.807) is 24.3 Å². The number of aryl methyl sites for hydroxylation is 1. The van der Waals surface area contributed by atoms with Crippen LogP contribution in [0.1, 0.15) is 11.1 Å². The highest BCUT2D eigenvalue weighted by Crippen LogP contribution is 2.30. The molecule has 0 aliphatic carbocycles. The van der Waals surface area contributed by atoms with Crippen molar-refractivity contribution in [2.24, 2.45) is 0 Å². The maximum atomic E-state index is 13.1. The van der Waals surface area contributed by atoms with Crippen LogP contribution in [0.5, 0.6) is 0 Å². The lowest BCUT2D eigenvalue weighted by molar-refractivity contribution is 0.578. The van der Waals surface area contributed by atoms with E-state index in [-0.39, 0.29) is 16.5 Å². The molecule has 0 spiro atoms. The van der Waals surface area contributed by atoms with Gasteiger partial charge in [0.15, 0.2) is 9.84 Å². The number of rotatable bonds is 5. The van der Waals surface area contributed by atoms with Crippen LogP contribution in [0.15, 0.2) is 88.2 Å². The molecule has 140 valence electrons. The third-order valence-corrected chi connectivity index (χ3v) is 6.12. The zero-order valence-electron chi connectivity index (χ0n) is 15.2. The van der Waals surface area contributed by atoms with E-state index in [1.165, 1.54) is 0 Å². The van der Waals surface area contributed by atoms with Crippen LogP contribution in [0.3, 0.4) is 0 Å². The number of hydrogen-bond donors (Lipinski definition) is 0. The van der Waals surface area contributed by atoms with E-state index in [1.807, 2.05) is 61.5 Å². The van der Waals surface area contributed by atoms with Gasteiger partial charge >= 0.3 is 0 Å². The topological polar surface area (TPSA) is 73.1 Å². The molecule has 4 rings (SSSR count). The van der Waals surface area contributed by atoms with Gasteiger partial charge < -0.3 is 4.42 Å². The van der Waals surface area contributed by atoms with Gasteiger partial charge in [0.25, 0.3) is 0 Å². The quantitative estimate of drug-likeness (QED) is 0.494. The molecule has 6 heteroatoms. The Morgan fingerprint density at radius 2 is 1.43 bits per heavy atom. The maximum absolute atomic E-state index is 13.1. The molecule has 1 heterocycles. The Balaban J connectivity index is 1.71. The second-order valence-electron chi connectivity index (χ2n) is 6.52. The average molecular weight is 390 g/mol. The van der Waals surface area contributed by atoms with E-state index < -0.39 is 9.84 Å². The molecule has 0 saturated carbocycles. The average Bonchev–Trinajstić information content (AvgIpc) is 3.20. The van der Waals surface area contributed by atoms with Crippen molar-refractivity contribution in [1.82, 2.24) is 10.2 Å². The lowest BCUT2D eigenvalue weighted by Gasteiger charge is -2.08. The predicted molar refractivity (Wildman–Crippen MR) is 107 cm³/mol. The fraction of sp³-hybridized carbons (Fsp3) is 0.0909. The van der Waals surface area contributed by atoms with Crippen LogP contribution in [0.4, 0.5) is 0 Å². The van der Waals surface area contributed by atoms with Gasteiger partial charge in [0.2, 0.25) is 11.8 Å². The van der Waals surface area contributed by atoms with Gasteiger partial charge in [0.05, 0.1) is 16.2 Å². The Morgan fingerprint density at radius 3 is 2.18 bits per heavy atom. The van der Waals surface area contributed by atoms with E-state index in [0.717, 1.165) is 16.7 Å². The van der Waals surface area contributed by atoms with Gasteiger partial charge in [-0.05, 0) is 36.8 Å². The molecule has 4 aromatic rings. The summed E-state index contributed by atoms with van der Waals surface area (Å²) in [5.41, 5.74) is 3.00. The highest BCUT2D eigenvalue weighted by atomic mass is 32.2. The van der Waals surface area contributed by atoms with E-state index >= 15 is 0 Å². The normalized spacial score (nSPS) is 11.5. The van der Waals surface area contributed by atoms with Crippen molar-refractivity contribution in [3.63, 3.8) is 0 Å². The molecule has 0 fully saturated rings. The summed E-state index contributed by atoms with van der Waals surface area (Å²) in [5, 5.41) is 8.14. The largest absolute Gasteiger partial charge is 0.416 e. The molecule has 3 aromatic carbocycles. The van der Waals surface area contributed by atoms with Crippen LogP contribution in [0.25, 0.3) is 22.9 Å². The van der Waals surface area contributed by atoms with Gasteiger partial charge in [0, 0.05) is 5.56 Å². The molecular weight excluding hydrogens is 372 g/mol. The highest BCUT2D eigenvalue weighted by molar-refractivity contribution is 7.90. The monoisotopic (exact) mass is 390 g/mol. The number of aromatic nitrogens is 2. The fourth-order valence-corrected chi connectivity index (χ4v) is 4.49. The van der Waals surface area contributed by atoms with Crippen LogP contribution in [0, 0.1) is 6.92 Å². The first kappa shape index (κ1) is 18.1. The van der Waals surface area contributed by atoms with E-state index in [2.05, 4.69) is 10.2 Å². The Labute approximate surface area is 163 Å². The second-order valence-corrected chi connectivity index (χ2v) is 8.48. The lowest BCUT2D eigenvalue weighted by atomic mass is 10.2. The molecular formula is C22H18N2O3S. The van der Waals surface area contributed by atoms with Crippen molar-refractivity contribution in [3.05, 3.63) is 90.0 Å². The zero-order chi connectivity index (χ0) is 19.6. The van der Waals surface area contributed by atoms with Crippen molar-refractivity contribution < 1.29 is 12.8 Å². The fourth-order valence-electron chi connectivity index (χ4n) is 2.93. The third-order valence-electron chi connectivity index (χ3n) is 4.38. The minimum atomic E-state index is -3.59. The molecule has 0 saturated heterocycles. The maximum Gasteiger partial charge on any atom is 0.249 e. The molecule has 5 nitrogen and oxygen atoms in total. The predicted octanol–water partition coefficient (Wildman–Crippen LogP) is 4.69. The van der Waals surface area contributed by atoms with Crippen molar-refractivity contribution >= 4 is 9.84 Å². The van der Waals surface area contributed by atoms with E-state index in [0.29, 0.717) is 11.5 Å². The summed E-state index contributed by atoms with van der Waals surface area (Å²) >= 11 is 0. The SMILES string of the molecule is Cc1ccc(CS(=O)(=O)c2ccccc2-c2nnc(-c3ccccc3)o2)cc1.